The second kappa shape index (κ2) is 14.2. The number of carboxylic acid groups (broad SMARTS) is 1. The van der Waals surface area contributed by atoms with E-state index in [4.69, 9.17) is 21.4 Å². The molecule has 24 heavy (non-hydrogen) atoms. The molecule has 4 heteroatoms. The van der Waals surface area contributed by atoms with E-state index in [-0.39, 0.29) is 0 Å². The number of hydrogen-bond donors (Lipinski definition) is 1. The van der Waals surface area contributed by atoms with Crippen molar-refractivity contribution in [1.29, 1.82) is 0 Å². The highest BCUT2D eigenvalue weighted by Gasteiger charge is 1.99. The molecule has 3 nitrogen and oxygen atoms in total. The molecule has 0 aliphatic rings. The molecule has 0 spiro atoms. The van der Waals surface area contributed by atoms with Crippen molar-refractivity contribution in [2.45, 2.75) is 77.0 Å². The summed E-state index contributed by atoms with van der Waals surface area (Å²) < 4.78 is 5.67. The van der Waals surface area contributed by atoms with Crippen LogP contribution in [0.4, 0.5) is 0 Å². The lowest BCUT2D eigenvalue weighted by Crippen LogP contribution is -1.97. The topological polar surface area (TPSA) is 46.5 Å². The van der Waals surface area contributed by atoms with E-state index >= 15 is 0 Å². The maximum absolute atomic E-state index is 10.4. The highest BCUT2D eigenvalue weighted by Crippen LogP contribution is 2.23. The first kappa shape index (κ1) is 20.8. The second-order valence-electron chi connectivity index (χ2n) is 6.31. The lowest BCUT2D eigenvalue weighted by atomic mass is 10.1. The molecule has 0 bridgehead atoms. The van der Waals surface area contributed by atoms with Gasteiger partial charge in [0.05, 0.1) is 11.6 Å². The van der Waals surface area contributed by atoms with Gasteiger partial charge >= 0.3 is 5.97 Å². The molecule has 0 fully saturated rings. The smallest absolute Gasteiger partial charge is 0.303 e. The zero-order valence-electron chi connectivity index (χ0n) is 14.6. The van der Waals surface area contributed by atoms with Gasteiger partial charge in [-0.05, 0) is 25.0 Å². The number of ether oxygens (including phenoxy) is 1. The molecule has 1 aromatic carbocycles. The molecule has 0 unspecified atom stereocenters. The predicted octanol–water partition coefficient (Wildman–Crippen LogP) is 6.48. The van der Waals surface area contributed by atoms with Crippen LogP contribution in [0.25, 0.3) is 0 Å². The van der Waals surface area contributed by atoms with Crippen molar-refractivity contribution in [3.05, 3.63) is 29.3 Å². The van der Waals surface area contributed by atoms with Gasteiger partial charge in [-0.25, -0.2) is 0 Å². The fourth-order valence-corrected chi connectivity index (χ4v) is 2.90. The molecular formula is C20H31ClO3. The lowest BCUT2D eigenvalue weighted by molar-refractivity contribution is -0.137. The summed E-state index contributed by atoms with van der Waals surface area (Å²) in [5.74, 6) is 0.106. The first-order valence-electron chi connectivity index (χ1n) is 9.29. The van der Waals surface area contributed by atoms with Crippen molar-refractivity contribution in [3.8, 4) is 5.75 Å². The first-order chi connectivity index (χ1) is 11.7. The van der Waals surface area contributed by atoms with Gasteiger partial charge in [0.2, 0.25) is 0 Å². The van der Waals surface area contributed by atoms with Gasteiger partial charge in [-0.1, -0.05) is 81.5 Å². The largest absolute Gasteiger partial charge is 0.492 e. The van der Waals surface area contributed by atoms with E-state index in [1.165, 1.54) is 51.4 Å². The molecule has 0 amide bonds. The van der Waals surface area contributed by atoms with Crippen molar-refractivity contribution < 1.29 is 14.6 Å². The van der Waals surface area contributed by atoms with Crippen LogP contribution in [0.1, 0.15) is 77.0 Å². The third-order valence-electron chi connectivity index (χ3n) is 4.13. The standard InChI is InChI=1S/C20H31ClO3/c21-18-14-11-12-15-19(18)24-17-13-9-7-5-3-1-2-4-6-8-10-16-20(22)23/h11-12,14-15H,1-10,13,16-17H2,(H,22,23). The van der Waals surface area contributed by atoms with Crippen LogP contribution < -0.4 is 4.74 Å². The van der Waals surface area contributed by atoms with Crippen molar-refractivity contribution in [3.63, 3.8) is 0 Å². The highest BCUT2D eigenvalue weighted by molar-refractivity contribution is 6.32. The number of para-hydroxylation sites is 1. The monoisotopic (exact) mass is 354 g/mol. The van der Waals surface area contributed by atoms with E-state index in [1.807, 2.05) is 24.3 Å². The van der Waals surface area contributed by atoms with Crippen LogP contribution in [0.5, 0.6) is 5.75 Å². The Hall–Kier alpha value is -1.22. The summed E-state index contributed by atoms with van der Waals surface area (Å²) in [6.07, 6.45) is 13.4. The van der Waals surface area contributed by atoms with Crippen LogP contribution in [0, 0.1) is 0 Å². The molecule has 0 atom stereocenters. The minimum atomic E-state index is -0.674. The zero-order chi connectivity index (χ0) is 17.5. The maximum Gasteiger partial charge on any atom is 0.303 e. The Balaban J connectivity index is 1.79. The van der Waals surface area contributed by atoms with Crippen LogP contribution in [0.3, 0.4) is 0 Å². The van der Waals surface area contributed by atoms with Gasteiger partial charge in [0.1, 0.15) is 5.75 Å². The molecule has 1 N–H and O–H groups in total. The Bertz CT molecular complexity index is 448. The fourth-order valence-electron chi connectivity index (χ4n) is 2.71. The van der Waals surface area contributed by atoms with Gasteiger partial charge in [0, 0.05) is 6.42 Å². The van der Waals surface area contributed by atoms with Crippen LogP contribution >= 0.6 is 11.6 Å². The van der Waals surface area contributed by atoms with Crippen LogP contribution in [0.2, 0.25) is 5.02 Å². The Morgan fingerprint density at radius 1 is 0.833 bits per heavy atom. The number of hydrogen-bond acceptors (Lipinski definition) is 2. The van der Waals surface area contributed by atoms with E-state index in [0.717, 1.165) is 31.6 Å². The summed E-state index contributed by atoms with van der Waals surface area (Å²) >= 11 is 6.04. The Kier molecular flexibility index (Phi) is 12.3. The van der Waals surface area contributed by atoms with E-state index in [9.17, 15) is 4.79 Å². The average molecular weight is 355 g/mol. The third-order valence-corrected chi connectivity index (χ3v) is 4.44. The quantitative estimate of drug-likeness (QED) is 0.366. The number of carboxylic acids is 1. The summed E-state index contributed by atoms with van der Waals surface area (Å²) in [5, 5.41) is 9.23. The van der Waals surface area contributed by atoms with Crippen molar-refractivity contribution in [1.82, 2.24) is 0 Å². The highest BCUT2D eigenvalue weighted by atomic mass is 35.5. The molecule has 0 saturated heterocycles. The Labute approximate surface area is 151 Å². The van der Waals surface area contributed by atoms with Gasteiger partial charge < -0.3 is 9.84 Å². The number of benzene rings is 1. The Morgan fingerprint density at radius 3 is 1.88 bits per heavy atom. The number of unbranched alkanes of at least 4 members (excludes halogenated alkanes) is 10. The SMILES string of the molecule is O=C(O)CCCCCCCCCCCCCOc1ccccc1Cl. The number of aliphatic carboxylic acids is 1. The van der Waals surface area contributed by atoms with Crippen LogP contribution in [-0.4, -0.2) is 17.7 Å². The molecule has 0 saturated carbocycles. The lowest BCUT2D eigenvalue weighted by Gasteiger charge is -2.07. The molecule has 0 radical (unpaired) electrons. The van der Waals surface area contributed by atoms with Crippen molar-refractivity contribution in [2.75, 3.05) is 6.61 Å². The molecule has 1 aromatic rings. The van der Waals surface area contributed by atoms with Gasteiger partial charge in [-0.2, -0.15) is 0 Å². The molecule has 0 aliphatic heterocycles. The Morgan fingerprint density at radius 2 is 1.33 bits per heavy atom. The van der Waals surface area contributed by atoms with Crippen molar-refractivity contribution >= 4 is 17.6 Å². The normalized spacial score (nSPS) is 10.7. The zero-order valence-corrected chi connectivity index (χ0v) is 15.4. The van der Waals surface area contributed by atoms with E-state index < -0.39 is 5.97 Å². The molecule has 0 aliphatic carbocycles. The molecule has 0 aromatic heterocycles. The molecule has 0 heterocycles. The van der Waals surface area contributed by atoms with Gasteiger partial charge in [-0.3, -0.25) is 4.79 Å². The summed E-state index contributed by atoms with van der Waals surface area (Å²) in [6, 6.07) is 7.60. The minimum absolute atomic E-state index is 0.320. The van der Waals surface area contributed by atoms with Crippen LogP contribution in [0.15, 0.2) is 24.3 Å². The predicted molar refractivity (Wildman–Crippen MR) is 100.0 cm³/mol. The molecule has 136 valence electrons. The fraction of sp³-hybridized carbons (Fsp3) is 0.650. The van der Waals surface area contributed by atoms with E-state index in [1.54, 1.807) is 0 Å². The number of rotatable bonds is 15. The number of carbonyl (C=O) groups is 1. The minimum Gasteiger partial charge on any atom is -0.492 e. The summed E-state index contributed by atoms with van der Waals surface area (Å²) in [6.45, 7) is 0.736. The van der Waals surface area contributed by atoms with Gasteiger partial charge in [0.25, 0.3) is 0 Å². The maximum atomic E-state index is 10.4. The second-order valence-corrected chi connectivity index (χ2v) is 6.72. The molecular weight excluding hydrogens is 324 g/mol. The number of halogens is 1. The molecule has 1 rings (SSSR count). The van der Waals surface area contributed by atoms with Crippen LogP contribution in [-0.2, 0) is 4.79 Å². The van der Waals surface area contributed by atoms with E-state index in [2.05, 4.69) is 0 Å². The summed E-state index contributed by atoms with van der Waals surface area (Å²) in [7, 11) is 0. The van der Waals surface area contributed by atoms with E-state index in [0.29, 0.717) is 11.4 Å². The first-order valence-corrected chi connectivity index (χ1v) is 9.67. The van der Waals surface area contributed by atoms with Crippen molar-refractivity contribution in [2.24, 2.45) is 0 Å². The van der Waals surface area contributed by atoms with Gasteiger partial charge in [-0.15, -0.1) is 0 Å². The third kappa shape index (κ3) is 11.3. The average Bonchev–Trinajstić information content (AvgIpc) is 2.56. The summed E-state index contributed by atoms with van der Waals surface area (Å²) in [4.78, 5) is 10.4. The summed E-state index contributed by atoms with van der Waals surface area (Å²) in [5.41, 5.74) is 0. The van der Waals surface area contributed by atoms with Gasteiger partial charge in [0.15, 0.2) is 0 Å².